The highest BCUT2D eigenvalue weighted by Gasteiger charge is 2.19. The lowest BCUT2D eigenvalue weighted by Gasteiger charge is -2.13. The summed E-state index contributed by atoms with van der Waals surface area (Å²) in [4.78, 5) is 24.8. The van der Waals surface area contributed by atoms with Gasteiger partial charge in [-0.25, -0.2) is 0 Å². The number of halogens is 1. The van der Waals surface area contributed by atoms with E-state index in [1.54, 1.807) is 54.1 Å². The number of hydrogen-bond donors (Lipinski definition) is 2. The lowest BCUT2D eigenvalue weighted by molar-refractivity contribution is -0.113. The van der Waals surface area contributed by atoms with Crippen LogP contribution in [0, 0.1) is 0 Å². The molecule has 0 fully saturated rings. The molecule has 2 aromatic carbocycles. The molecule has 0 spiro atoms. The third-order valence-electron chi connectivity index (χ3n) is 4.70. The summed E-state index contributed by atoms with van der Waals surface area (Å²) >= 11 is 7.12. The van der Waals surface area contributed by atoms with Gasteiger partial charge in [-0.15, -0.1) is 10.2 Å². The zero-order chi connectivity index (χ0) is 22.7. The molecule has 0 aliphatic carbocycles. The van der Waals surface area contributed by atoms with Crippen molar-refractivity contribution in [1.82, 2.24) is 20.1 Å². The van der Waals surface area contributed by atoms with Crippen molar-refractivity contribution in [2.75, 3.05) is 17.9 Å². The minimum Gasteiger partial charge on any atom is -0.454 e. The summed E-state index contributed by atoms with van der Waals surface area (Å²) in [6, 6.07) is 11.5. The normalized spacial score (nSPS) is 13.0. The van der Waals surface area contributed by atoms with Crippen LogP contribution in [0.15, 0.2) is 47.6 Å². The summed E-state index contributed by atoms with van der Waals surface area (Å²) in [7, 11) is 1.79. The Morgan fingerprint density at radius 1 is 1.16 bits per heavy atom. The second-order valence-electron chi connectivity index (χ2n) is 7.01. The minimum absolute atomic E-state index is 0.145. The van der Waals surface area contributed by atoms with Gasteiger partial charge >= 0.3 is 0 Å². The van der Waals surface area contributed by atoms with Crippen LogP contribution in [0.3, 0.4) is 0 Å². The number of nitrogens with one attached hydrogen (secondary N) is 2. The van der Waals surface area contributed by atoms with E-state index in [1.807, 2.05) is 6.92 Å². The van der Waals surface area contributed by atoms with Gasteiger partial charge in [0.25, 0.3) is 5.91 Å². The van der Waals surface area contributed by atoms with Crippen molar-refractivity contribution in [1.29, 1.82) is 0 Å². The van der Waals surface area contributed by atoms with Crippen molar-refractivity contribution in [3.8, 4) is 11.5 Å². The van der Waals surface area contributed by atoms with Crippen LogP contribution in [0.4, 0.5) is 5.69 Å². The van der Waals surface area contributed by atoms with Crippen LogP contribution in [0.1, 0.15) is 29.1 Å². The molecule has 1 aromatic heterocycles. The van der Waals surface area contributed by atoms with Gasteiger partial charge in [-0.1, -0.05) is 23.4 Å². The number of anilines is 1. The fourth-order valence-corrected chi connectivity index (χ4v) is 3.92. The van der Waals surface area contributed by atoms with Gasteiger partial charge in [0, 0.05) is 29.4 Å². The molecule has 1 aliphatic heterocycles. The van der Waals surface area contributed by atoms with Crippen LogP contribution < -0.4 is 20.1 Å². The number of rotatable bonds is 7. The van der Waals surface area contributed by atoms with E-state index in [1.165, 1.54) is 11.8 Å². The number of hydrogen-bond acceptors (Lipinski definition) is 7. The van der Waals surface area contributed by atoms with Crippen LogP contribution in [-0.4, -0.2) is 39.1 Å². The summed E-state index contributed by atoms with van der Waals surface area (Å²) in [6.07, 6.45) is 0. The van der Waals surface area contributed by atoms with Crippen molar-refractivity contribution >= 4 is 40.9 Å². The van der Waals surface area contributed by atoms with E-state index >= 15 is 0 Å². The third-order valence-corrected chi connectivity index (χ3v) is 5.97. The monoisotopic (exact) mass is 473 g/mol. The Kier molecular flexibility index (Phi) is 6.52. The van der Waals surface area contributed by atoms with Crippen LogP contribution in [0.25, 0.3) is 0 Å². The number of aromatic nitrogens is 3. The summed E-state index contributed by atoms with van der Waals surface area (Å²) in [5, 5.41) is 15.2. The molecule has 1 aliphatic rings. The molecule has 3 aromatic rings. The molecular formula is C21H20ClN5O4S. The highest BCUT2D eigenvalue weighted by Crippen LogP contribution is 2.34. The Labute approximate surface area is 193 Å². The first-order valence-corrected chi connectivity index (χ1v) is 11.0. The van der Waals surface area contributed by atoms with Gasteiger partial charge in [-0.2, -0.15) is 0 Å². The Balaban J connectivity index is 1.32. The maximum atomic E-state index is 12.4. The zero-order valence-corrected chi connectivity index (χ0v) is 18.9. The van der Waals surface area contributed by atoms with Gasteiger partial charge in [0.2, 0.25) is 12.7 Å². The third kappa shape index (κ3) is 4.97. The SMILES string of the molecule is C[C@H](NC(=O)c1ccc(Cl)cc1)c1nnc(SCC(=O)Nc2ccc3c(c2)OCO3)n1C. The topological polar surface area (TPSA) is 107 Å². The quantitative estimate of drug-likeness (QED) is 0.506. The molecule has 9 nitrogen and oxygen atoms in total. The molecular weight excluding hydrogens is 454 g/mol. The van der Waals surface area contributed by atoms with E-state index in [2.05, 4.69) is 20.8 Å². The Morgan fingerprint density at radius 3 is 2.69 bits per heavy atom. The van der Waals surface area contributed by atoms with Crippen LogP contribution in [-0.2, 0) is 11.8 Å². The van der Waals surface area contributed by atoms with E-state index in [-0.39, 0.29) is 30.4 Å². The largest absolute Gasteiger partial charge is 0.454 e. The van der Waals surface area contributed by atoms with Crippen LogP contribution in [0.2, 0.25) is 5.02 Å². The number of carbonyl (C=O) groups is 2. The van der Waals surface area contributed by atoms with Gasteiger partial charge in [0.15, 0.2) is 22.5 Å². The fraction of sp³-hybridized carbons (Fsp3) is 0.238. The molecule has 1 atom stereocenters. The number of thioether (sulfide) groups is 1. The van der Waals surface area contributed by atoms with Gasteiger partial charge < -0.3 is 24.7 Å². The maximum Gasteiger partial charge on any atom is 0.251 e. The molecule has 0 unspecified atom stereocenters. The van der Waals surface area contributed by atoms with Crippen LogP contribution in [0.5, 0.6) is 11.5 Å². The lowest BCUT2D eigenvalue weighted by Crippen LogP contribution is -2.28. The number of benzene rings is 2. The molecule has 4 rings (SSSR count). The van der Waals surface area contributed by atoms with E-state index < -0.39 is 0 Å². The van der Waals surface area contributed by atoms with E-state index in [0.29, 0.717) is 38.8 Å². The summed E-state index contributed by atoms with van der Waals surface area (Å²) in [6.45, 7) is 1.99. The molecule has 0 saturated heterocycles. The highest BCUT2D eigenvalue weighted by molar-refractivity contribution is 7.99. The number of nitrogens with zero attached hydrogens (tertiary/aromatic N) is 3. The van der Waals surface area contributed by atoms with Crippen molar-refractivity contribution in [2.45, 2.75) is 18.1 Å². The van der Waals surface area contributed by atoms with E-state index in [4.69, 9.17) is 21.1 Å². The molecule has 166 valence electrons. The standard InChI is InChI=1S/C21H20ClN5O4S/c1-12(23-20(29)13-3-5-14(22)6-4-13)19-25-26-21(27(19)2)32-10-18(28)24-15-7-8-16-17(9-15)31-11-30-16/h3-9,12H,10-11H2,1-2H3,(H,23,29)(H,24,28)/t12-/m0/s1. The number of carbonyl (C=O) groups excluding carboxylic acids is 2. The van der Waals surface area contributed by atoms with Gasteiger partial charge in [-0.3, -0.25) is 9.59 Å². The van der Waals surface area contributed by atoms with E-state index in [0.717, 1.165) is 0 Å². The minimum atomic E-state index is -0.382. The summed E-state index contributed by atoms with van der Waals surface area (Å²) in [5.41, 5.74) is 1.12. The first kappa shape index (κ1) is 22.0. The Bertz CT molecular complexity index is 1150. The first-order chi connectivity index (χ1) is 15.4. The predicted molar refractivity (Wildman–Crippen MR) is 120 cm³/mol. The molecule has 2 N–H and O–H groups in total. The molecule has 0 saturated carbocycles. The second-order valence-corrected chi connectivity index (χ2v) is 8.39. The van der Waals surface area contributed by atoms with Crippen molar-refractivity contribution in [3.63, 3.8) is 0 Å². The number of ether oxygens (including phenoxy) is 2. The molecule has 0 radical (unpaired) electrons. The molecule has 2 heterocycles. The molecule has 32 heavy (non-hydrogen) atoms. The Hall–Kier alpha value is -3.24. The van der Waals surface area contributed by atoms with Gasteiger partial charge in [0.05, 0.1) is 11.8 Å². The molecule has 2 amide bonds. The van der Waals surface area contributed by atoms with Crippen molar-refractivity contribution in [2.24, 2.45) is 7.05 Å². The summed E-state index contributed by atoms with van der Waals surface area (Å²) in [5.74, 6) is 1.54. The van der Waals surface area contributed by atoms with Crippen LogP contribution >= 0.6 is 23.4 Å². The maximum absolute atomic E-state index is 12.4. The molecule has 0 bridgehead atoms. The fourth-order valence-electron chi connectivity index (χ4n) is 3.08. The van der Waals surface area contributed by atoms with Crippen molar-refractivity contribution in [3.05, 3.63) is 58.9 Å². The van der Waals surface area contributed by atoms with Gasteiger partial charge in [0.1, 0.15) is 0 Å². The second kappa shape index (κ2) is 9.49. The van der Waals surface area contributed by atoms with E-state index in [9.17, 15) is 9.59 Å². The lowest BCUT2D eigenvalue weighted by atomic mass is 10.2. The predicted octanol–water partition coefficient (Wildman–Crippen LogP) is 3.42. The zero-order valence-electron chi connectivity index (χ0n) is 17.3. The average molecular weight is 474 g/mol. The number of amides is 2. The summed E-state index contributed by atoms with van der Waals surface area (Å²) < 4.78 is 12.3. The molecule has 11 heteroatoms. The highest BCUT2D eigenvalue weighted by atomic mass is 35.5. The average Bonchev–Trinajstić information content (AvgIpc) is 3.38. The smallest absolute Gasteiger partial charge is 0.251 e. The first-order valence-electron chi connectivity index (χ1n) is 9.68. The Morgan fingerprint density at radius 2 is 1.91 bits per heavy atom. The number of fused-ring (bicyclic) bond motifs is 1. The van der Waals surface area contributed by atoms with Gasteiger partial charge in [-0.05, 0) is 43.3 Å². The van der Waals surface area contributed by atoms with Crippen molar-refractivity contribution < 1.29 is 19.1 Å².